The van der Waals surface area contributed by atoms with Gasteiger partial charge in [0.1, 0.15) is 6.29 Å². The minimum Gasteiger partial charge on any atom is -0.379 e. The van der Waals surface area contributed by atoms with Gasteiger partial charge < -0.3 is 24.6 Å². The maximum Gasteiger partial charge on any atom is 0.121 e. The molecule has 8 heteroatoms. The molecule has 214 valence electrons. The first-order chi connectivity index (χ1) is 18.4. The van der Waals surface area contributed by atoms with Gasteiger partial charge in [0.05, 0.1) is 23.3 Å². The molecule has 0 spiro atoms. The molecule has 0 bridgehead atoms. The van der Waals surface area contributed by atoms with Gasteiger partial charge in [-0.3, -0.25) is 4.90 Å². The van der Waals surface area contributed by atoms with Crippen LogP contribution in [-0.4, -0.2) is 87.2 Å². The quantitative estimate of drug-likeness (QED) is 0.337. The Morgan fingerprint density at radius 1 is 1.00 bits per heavy atom. The van der Waals surface area contributed by atoms with Crippen LogP contribution in [-0.2, 0) is 16.1 Å². The van der Waals surface area contributed by atoms with Gasteiger partial charge in [-0.2, -0.15) is 0 Å². The number of nitrogens with one attached hydrogen (secondary N) is 1. The van der Waals surface area contributed by atoms with Crippen LogP contribution in [0.3, 0.4) is 0 Å². The van der Waals surface area contributed by atoms with Crippen LogP contribution in [0.1, 0.15) is 64.4 Å². The lowest BCUT2D eigenvalue weighted by Gasteiger charge is -2.41. The molecule has 0 radical (unpaired) electrons. The number of benzene rings is 1. The third-order valence-electron chi connectivity index (χ3n) is 9.08. The van der Waals surface area contributed by atoms with Gasteiger partial charge in [0.15, 0.2) is 0 Å². The van der Waals surface area contributed by atoms with Crippen LogP contribution in [0.4, 0.5) is 5.69 Å². The van der Waals surface area contributed by atoms with E-state index < -0.39 is 0 Å². The van der Waals surface area contributed by atoms with E-state index in [1.54, 1.807) is 0 Å². The minimum atomic E-state index is 0.494. The molecular weight excluding hydrogens is 519 g/mol. The van der Waals surface area contributed by atoms with E-state index in [9.17, 15) is 4.79 Å². The van der Waals surface area contributed by atoms with Crippen molar-refractivity contribution in [2.45, 2.75) is 77.4 Å². The van der Waals surface area contributed by atoms with E-state index in [0.717, 1.165) is 81.4 Å². The van der Waals surface area contributed by atoms with Crippen molar-refractivity contribution >= 4 is 35.2 Å². The second-order valence-electron chi connectivity index (χ2n) is 11.8. The van der Waals surface area contributed by atoms with Gasteiger partial charge in [-0.15, -0.1) is 0 Å². The van der Waals surface area contributed by atoms with Crippen LogP contribution in [0.25, 0.3) is 0 Å². The molecule has 3 fully saturated rings. The van der Waals surface area contributed by atoms with Crippen molar-refractivity contribution in [3.05, 3.63) is 27.7 Å². The van der Waals surface area contributed by atoms with Gasteiger partial charge in [0.25, 0.3) is 0 Å². The lowest BCUT2D eigenvalue weighted by molar-refractivity contribution is -0.107. The maximum atomic E-state index is 11.3. The predicted octanol–water partition coefficient (Wildman–Crippen LogP) is 5.49. The average molecular weight is 568 g/mol. The lowest BCUT2D eigenvalue weighted by atomic mass is 9.79. The predicted molar refractivity (Wildman–Crippen MR) is 159 cm³/mol. The van der Waals surface area contributed by atoms with Gasteiger partial charge in [0, 0.05) is 63.5 Å². The van der Waals surface area contributed by atoms with Gasteiger partial charge in [0.2, 0.25) is 0 Å². The van der Waals surface area contributed by atoms with Crippen LogP contribution in [0.5, 0.6) is 0 Å². The van der Waals surface area contributed by atoms with Gasteiger partial charge in [-0.05, 0) is 81.1 Å². The summed E-state index contributed by atoms with van der Waals surface area (Å²) in [5.41, 5.74) is 2.24. The Labute approximate surface area is 240 Å². The normalized spacial score (nSPS) is 24.1. The van der Waals surface area contributed by atoms with Crippen LogP contribution < -0.4 is 10.2 Å². The first-order valence-corrected chi connectivity index (χ1v) is 15.6. The second kappa shape index (κ2) is 15.2. The lowest BCUT2D eigenvalue weighted by Crippen LogP contribution is -2.47. The molecule has 4 rings (SSSR count). The summed E-state index contributed by atoms with van der Waals surface area (Å²) in [6.07, 6.45) is 9.40. The number of carbonyl (C=O) groups is 1. The smallest absolute Gasteiger partial charge is 0.121 e. The summed E-state index contributed by atoms with van der Waals surface area (Å²) in [5.74, 6) is 1.75. The SMILES string of the molecule is CC(C)C1CCC(N2CCC(NCc3cc(Cl)c(Cl)cc3N(CCC=O)CCN3CCOCC3)CC2)CC1. The highest BCUT2D eigenvalue weighted by Gasteiger charge is 2.30. The van der Waals surface area contributed by atoms with E-state index in [-0.39, 0.29) is 0 Å². The fourth-order valence-electron chi connectivity index (χ4n) is 6.52. The highest BCUT2D eigenvalue weighted by atomic mass is 35.5. The number of hydrogen-bond donors (Lipinski definition) is 1. The summed E-state index contributed by atoms with van der Waals surface area (Å²) in [6, 6.07) is 5.29. The van der Waals surface area contributed by atoms with Crippen LogP contribution >= 0.6 is 23.2 Å². The Hall–Kier alpha value is -0.890. The molecule has 0 unspecified atom stereocenters. The molecule has 1 N–H and O–H groups in total. The fraction of sp³-hybridized carbons (Fsp3) is 0.767. The molecule has 0 amide bonds. The van der Waals surface area contributed by atoms with E-state index in [1.807, 2.05) is 12.1 Å². The Kier molecular flexibility index (Phi) is 12.0. The Bertz CT molecular complexity index is 864. The van der Waals surface area contributed by atoms with Crippen LogP contribution in [0.2, 0.25) is 10.0 Å². The third kappa shape index (κ3) is 8.55. The first-order valence-electron chi connectivity index (χ1n) is 14.9. The summed E-state index contributed by atoms with van der Waals surface area (Å²) < 4.78 is 5.50. The van der Waals surface area contributed by atoms with Crippen LogP contribution in [0, 0.1) is 11.8 Å². The maximum absolute atomic E-state index is 11.3. The van der Waals surface area contributed by atoms with Gasteiger partial charge >= 0.3 is 0 Å². The van der Waals surface area contributed by atoms with Crippen molar-refractivity contribution in [2.24, 2.45) is 11.8 Å². The third-order valence-corrected chi connectivity index (χ3v) is 9.80. The monoisotopic (exact) mass is 566 g/mol. The van der Waals surface area contributed by atoms with Crippen molar-refractivity contribution in [1.29, 1.82) is 0 Å². The molecule has 1 aromatic carbocycles. The first kappa shape index (κ1) is 30.1. The number of carbonyl (C=O) groups excluding carboxylic acids is 1. The summed E-state index contributed by atoms with van der Waals surface area (Å²) >= 11 is 13.0. The Balaban J connectivity index is 1.33. The number of rotatable bonds is 12. The van der Waals surface area contributed by atoms with Crippen molar-refractivity contribution in [2.75, 3.05) is 63.9 Å². The largest absolute Gasteiger partial charge is 0.379 e. The Morgan fingerprint density at radius 3 is 2.34 bits per heavy atom. The standard InChI is InChI=1S/C30H48Cl2N4O2/c1-23(2)24-4-6-27(7-5-24)35-11-8-26(9-12-35)33-22-25-20-28(31)29(32)21-30(25)36(10-3-17-37)14-13-34-15-18-38-19-16-34/h17,20-21,23-24,26-27,33H,3-16,18-19,22H2,1-2H3. The molecule has 1 saturated carbocycles. The van der Waals surface area contributed by atoms with Crippen molar-refractivity contribution in [3.8, 4) is 0 Å². The number of hydrogen-bond acceptors (Lipinski definition) is 6. The second-order valence-corrected chi connectivity index (χ2v) is 12.6. The number of nitrogens with zero attached hydrogens (tertiary/aromatic N) is 3. The molecule has 38 heavy (non-hydrogen) atoms. The zero-order valence-corrected chi connectivity index (χ0v) is 25.0. The van der Waals surface area contributed by atoms with E-state index >= 15 is 0 Å². The van der Waals surface area contributed by atoms with Gasteiger partial charge in [-0.1, -0.05) is 37.0 Å². The number of likely N-dealkylation sites (tertiary alicyclic amines) is 1. The average Bonchev–Trinajstić information content (AvgIpc) is 2.94. The molecule has 2 heterocycles. The molecule has 1 aromatic rings. The molecule has 1 aliphatic carbocycles. The molecular formula is C30H48Cl2N4O2. The van der Waals surface area contributed by atoms with E-state index in [2.05, 4.69) is 33.9 Å². The summed E-state index contributed by atoms with van der Waals surface area (Å²) in [5, 5.41) is 4.98. The molecule has 3 aliphatic rings. The molecule has 0 atom stereocenters. The number of anilines is 1. The van der Waals surface area contributed by atoms with Crippen molar-refractivity contribution in [1.82, 2.24) is 15.1 Å². The van der Waals surface area contributed by atoms with E-state index in [4.69, 9.17) is 27.9 Å². The summed E-state index contributed by atoms with van der Waals surface area (Å²) in [4.78, 5) is 18.7. The zero-order valence-electron chi connectivity index (χ0n) is 23.5. The van der Waals surface area contributed by atoms with Crippen LogP contribution in [0.15, 0.2) is 12.1 Å². The topological polar surface area (TPSA) is 48.0 Å². The number of aldehydes is 1. The minimum absolute atomic E-state index is 0.494. The van der Waals surface area contributed by atoms with Crippen molar-refractivity contribution in [3.63, 3.8) is 0 Å². The molecule has 0 aromatic heterocycles. The Morgan fingerprint density at radius 2 is 1.68 bits per heavy atom. The summed E-state index contributed by atoms with van der Waals surface area (Å²) in [7, 11) is 0. The summed E-state index contributed by atoms with van der Waals surface area (Å²) in [6.45, 7) is 13.8. The van der Waals surface area contributed by atoms with E-state index in [0.29, 0.717) is 29.1 Å². The van der Waals surface area contributed by atoms with Gasteiger partial charge in [-0.25, -0.2) is 0 Å². The van der Waals surface area contributed by atoms with Crippen molar-refractivity contribution < 1.29 is 9.53 Å². The molecule has 6 nitrogen and oxygen atoms in total. The number of halogens is 2. The highest BCUT2D eigenvalue weighted by molar-refractivity contribution is 6.42. The van der Waals surface area contributed by atoms with E-state index in [1.165, 1.54) is 51.6 Å². The molecule has 2 saturated heterocycles. The number of ether oxygens (including phenoxy) is 1. The fourth-order valence-corrected chi connectivity index (χ4v) is 6.86. The highest BCUT2D eigenvalue weighted by Crippen LogP contribution is 2.34. The number of morpholine rings is 1. The number of piperidine rings is 1. The molecule has 2 aliphatic heterocycles. The zero-order chi connectivity index (χ0) is 26.9.